The predicted molar refractivity (Wildman–Crippen MR) is 95.8 cm³/mol. The molecule has 0 bridgehead atoms. The van der Waals surface area contributed by atoms with Gasteiger partial charge in [-0.15, -0.1) is 0 Å². The zero-order valence-corrected chi connectivity index (χ0v) is 14.2. The summed E-state index contributed by atoms with van der Waals surface area (Å²) in [6.07, 6.45) is 1.37. The third-order valence-electron chi connectivity index (χ3n) is 3.62. The first-order chi connectivity index (χ1) is 11.5. The molecule has 24 heavy (non-hydrogen) atoms. The van der Waals surface area contributed by atoms with Crippen molar-refractivity contribution < 1.29 is 4.79 Å². The van der Waals surface area contributed by atoms with Crippen LogP contribution < -0.4 is 10.9 Å². The van der Waals surface area contributed by atoms with E-state index in [0.717, 1.165) is 0 Å². The van der Waals surface area contributed by atoms with Crippen LogP contribution in [0.15, 0.2) is 53.6 Å². The highest BCUT2D eigenvalue weighted by molar-refractivity contribution is 6.35. The highest BCUT2D eigenvalue weighted by atomic mass is 35.5. The van der Waals surface area contributed by atoms with Crippen molar-refractivity contribution in [1.29, 1.82) is 0 Å². The molecule has 0 radical (unpaired) electrons. The number of anilines is 1. The largest absolute Gasteiger partial charge is 0.324 e. The van der Waals surface area contributed by atoms with Crippen molar-refractivity contribution >= 4 is 45.7 Å². The highest BCUT2D eigenvalue weighted by Crippen LogP contribution is 2.23. The number of halogens is 2. The van der Waals surface area contributed by atoms with Gasteiger partial charge in [-0.3, -0.25) is 14.2 Å². The summed E-state index contributed by atoms with van der Waals surface area (Å²) >= 11 is 11.8. The Hall–Kier alpha value is -2.37. The van der Waals surface area contributed by atoms with Gasteiger partial charge in [0, 0.05) is 15.7 Å². The molecule has 122 valence electrons. The number of hydrogen-bond donors (Lipinski definition) is 1. The molecule has 1 unspecified atom stereocenters. The van der Waals surface area contributed by atoms with Crippen molar-refractivity contribution in [3.05, 3.63) is 69.2 Å². The van der Waals surface area contributed by atoms with Crippen LogP contribution in [-0.2, 0) is 4.79 Å². The van der Waals surface area contributed by atoms with E-state index in [1.54, 1.807) is 49.4 Å². The first-order valence-corrected chi connectivity index (χ1v) is 7.94. The summed E-state index contributed by atoms with van der Waals surface area (Å²) in [7, 11) is 0. The summed E-state index contributed by atoms with van der Waals surface area (Å²) < 4.78 is 1.30. The molecule has 0 spiro atoms. The van der Waals surface area contributed by atoms with Crippen LogP contribution in [0, 0.1) is 0 Å². The molecule has 3 rings (SSSR count). The van der Waals surface area contributed by atoms with E-state index in [2.05, 4.69) is 10.3 Å². The van der Waals surface area contributed by atoms with Crippen molar-refractivity contribution in [2.24, 2.45) is 0 Å². The van der Waals surface area contributed by atoms with Crippen molar-refractivity contribution in [1.82, 2.24) is 9.55 Å². The van der Waals surface area contributed by atoms with Gasteiger partial charge in [-0.1, -0.05) is 35.3 Å². The molecular formula is C17H13Cl2N3O2. The van der Waals surface area contributed by atoms with Crippen molar-refractivity contribution in [2.45, 2.75) is 13.0 Å². The quantitative estimate of drug-likeness (QED) is 0.769. The molecule has 3 aromatic rings. The van der Waals surface area contributed by atoms with Crippen LogP contribution in [0.4, 0.5) is 5.69 Å². The molecule has 1 heterocycles. The van der Waals surface area contributed by atoms with Crippen molar-refractivity contribution in [3.63, 3.8) is 0 Å². The Labute approximate surface area is 147 Å². The molecule has 7 heteroatoms. The Morgan fingerprint density at radius 1 is 1.17 bits per heavy atom. The molecule has 0 aliphatic carbocycles. The Bertz CT molecular complexity index is 965. The minimum absolute atomic E-state index is 0.271. The van der Waals surface area contributed by atoms with Gasteiger partial charge < -0.3 is 5.32 Å². The first-order valence-electron chi connectivity index (χ1n) is 7.18. The lowest BCUT2D eigenvalue weighted by Gasteiger charge is -2.15. The lowest BCUT2D eigenvalue weighted by atomic mass is 10.2. The number of fused-ring (bicyclic) bond motifs is 1. The summed E-state index contributed by atoms with van der Waals surface area (Å²) in [5.41, 5.74) is 0.784. The minimum Gasteiger partial charge on any atom is -0.324 e. The summed E-state index contributed by atoms with van der Waals surface area (Å²) in [6, 6.07) is 11.0. The number of aromatic nitrogens is 2. The lowest BCUT2D eigenvalue weighted by molar-refractivity contribution is -0.118. The van der Waals surface area contributed by atoms with Crippen molar-refractivity contribution in [3.8, 4) is 0 Å². The standard InChI is InChI=1S/C17H13Cl2N3O2/c1-10(16(23)21-13-7-11(18)6-12(19)8-13)22-9-20-15-5-3-2-4-14(15)17(22)24/h2-10H,1H3,(H,21,23). The van der Waals surface area contributed by atoms with E-state index in [9.17, 15) is 9.59 Å². The maximum absolute atomic E-state index is 12.5. The maximum Gasteiger partial charge on any atom is 0.261 e. The van der Waals surface area contributed by atoms with Crippen LogP contribution in [0.2, 0.25) is 10.0 Å². The average Bonchev–Trinajstić information content (AvgIpc) is 2.54. The molecule has 0 fully saturated rings. The Morgan fingerprint density at radius 2 is 1.83 bits per heavy atom. The zero-order chi connectivity index (χ0) is 17.3. The highest BCUT2D eigenvalue weighted by Gasteiger charge is 2.18. The molecule has 0 aliphatic heterocycles. The number of carbonyl (C=O) groups is 1. The number of carbonyl (C=O) groups excluding carboxylic acids is 1. The van der Waals surface area contributed by atoms with Gasteiger partial charge in [0.2, 0.25) is 5.91 Å². The molecule has 1 aromatic heterocycles. The van der Waals surface area contributed by atoms with Gasteiger partial charge in [0.05, 0.1) is 17.2 Å². The van der Waals surface area contributed by atoms with Gasteiger partial charge in [0.1, 0.15) is 6.04 Å². The number of hydrogen-bond acceptors (Lipinski definition) is 3. The van der Waals surface area contributed by atoms with E-state index in [0.29, 0.717) is 26.6 Å². The normalized spacial score (nSPS) is 12.1. The van der Waals surface area contributed by atoms with Gasteiger partial charge in [-0.05, 0) is 37.3 Å². The molecule has 1 N–H and O–H groups in total. The third-order valence-corrected chi connectivity index (χ3v) is 4.05. The van der Waals surface area contributed by atoms with Crippen LogP contribution in [0.1, 0.15) is 13.0 Å². The fraction of sp³-hybridized carbons (Fsp3) is 0.118. The van der Waals surface area contributed by atoms with Gasteiger partial charge in [0.15, 0.2) is 0 Å². The Morgan fingerprint density at radius 3 is 2.54 bits per heavy atom. The molecule has 1 amide bonds. The van der Waals surface area contributed by atoms with E-state index in [1.165, 1.54) is 10.9 Å². The van der Waals surface area contributed by atoms with Crippen molar-refractivity contribution in [2.75, 3.05) is 5.32 Å². The van der Waals surface area contributed by atoms with Gasteiger partial charge in [-0.25, -0.2) is 4.98 Å². The van der Waals surface area contributed by atoms with E-state index in [-0.39, 0.29) is 11.5 Å². The smallest absolute Gasteiger partial charge is 0.261 e. The van der Waals surface area contributed by atoms with Gasteiger partial charge in [0.25, 0.3) is 5.56 Å². The summed E-state index contributed by atoms with van der Waals surface area (Å²) in [5.74, 6) is -0.368. The number of nitrogens with one attached hydrogen (secondary N) is 1. The van der Waals surface area contributed by atoms with E-state index >= 15 is 0 Å². The fourth-order valence-corrected chi connectivity index (χ4v) is 2.88. The monoisotopic (exact) mass is 361 g/mol. The SMILES string of the molecule is CC(C(=O)Nc1cc(Cl)cc(Cl)c1)n1cnc2ccccc2c1=O. The first kappa shape index (κ1) is 16.5. The summed E-state index contributed by atoms with van der Waals surface area (Å²) in [5, 5.41) is 3.99. The van der Waals surface area contributed by atoms with E-state index < -0.39 is 6.04 Å². The molecule has 5 nitrogen and oxygen atoms in total. The van der Waals surface area contributed by atoms with Crippen LogP contribution in [-0.4, -0.2) is 15.5 Å². The van der Waals surface area contributed by atoms with Crippen LogP contribution in [0.3, 0.4) is 0 Å². The van der Waals surface area contributed by atoms with E-state index in [1.807, 2.05) is 0 Å². The second-order valence-corrected chi connectivity index (χ2v) is 6.17. The molecule has 0 saturated carbocycles. The molecule has 0 aliphatic rings. The van der Waals surface area contributed by atoms with Gasteiger partial charge >= 0.3 is 0 Å². The molecular weight excluding hydrogens is 349 g/mol. The predicted octanol–water partition coefficient (Wildman–Crippen LogP) is 3.90. The molecule has 1 atom stereocenters. The number of nitrogens with zero attached hydrogens (tertiary/aromatic N) is 2. The maximum atomic E-state index is 12.5. The fourth-order valence-electron chi connectivity index (χ4n) is 2.36. The van der Waals surface area contributed by atoms with E-state index in [4.69, 9.17) is 23.2 Å². The molecule has 0 saturated heterocycles. The van der Waals surface area contributed by atoms with Crippen LogP contribution in [0.5, 0.6) is 0 Å². The Balaban J connectivity index is 1.91. The third kappa shape index (κ3) is 3.27. The van der Waals surface area contributed by atoms with Crippen LogP contribution in [0.25, 0.3) is 10.9 Å². The lowest BCUT2D eigenvalue weighted by Crippen LogP contribution is -2.31. The minimum atomic E-state index is -0.743. The molecule has 2 aromatic carbocycles. The van der Waals surface area contributed by atoms with Gasteiger partial charge in [-0.2, -0.15) is 0 Å². The number of benzene rings is 2. The van der Waals surface area contributed by atoms with Crippen LogP contribution >= 0.6 is 23.2 Å². The number of rotatable bonds is 3. The number of amides is 1. The summed E-state index contributed by atoms with van der Waals surface area (Å²) in [6.45, 7) is 1.62. The second kappa shape index (κ2) is 6.63. The zero-order valence-electron chi connectivity index (χ0n) is 12.7. The Kier molecular flexibility index (Phi) is 4.55. The average molecular weight is 362 g/mol. The summed E-state index contributed by atoms with van der Waals surface area (Å²) in [4.78, 5) is 29.2. The second-order valence-electron chi connectivity index (χ2n) is 5.30. The topological polar surface area (TPSA) is 64.0 Å². The number of para-hydroxylation sites is 1.